The van der Waals surface area contributed by atoms with E-state index in [0.717, 1.165) is 22.3 Å². The minimum absolute atomic E-state index is 0.116. The number of halogens is 2. The first-order valence-electron chi connectivity index (χ1n) is 6.85. The smallest absolute Gasteiger partial charge is 0.251 e. The topological polar surface area (TPSA) is 26.0 Å². The van der Waals surface area contributed by atoms with Crippen molar-refractivity contribution in [2.75, 3.05) is 0 Å². The molecular formula is C17H15F2N. The van der Waals surface area contributed by atoms with Gasteiger partial charge in [-0.1, -0.05) is 48.5 Å². The lowest BCUT2D eigenvalue weighted by Gasteiger charge is -2.49. The van der Waals surface area contributed by atoms with Crippen LogP contribution in [0.25, 0.3) is 11.1 Å². The average molecular weight is 271 g/mol. The zero-order valence-electron chi connectivity index (χ0n) is 10.9. The number of alkyl halides is 2. The molecule has 2 aliphatic carbocycles. The molecule has 0 atom stereocenters. The quantitative estimate of drug-likeness (QED) is 0.835. The van der Waals surface area contributed by atoms with Crippen LogP contribution in [0.4, 0.5) is 8.78 Å². The molecule has 4 rings (SSSR count). The molecule has 2 aromatic rings. The second kappa shape index (κ2) is 3.67. The zero-order valence-corrected chi connectivity index (χ0v) is 10.9. The number of fused-ring (bicyclic) bond motifs is 3. The molecule has 0 radical (unpaired) electrons. The monoisotopic (exact) mass is 271 g/mol. The standard InChI is InChI=1S/C17H15F2N/c18-17(19)9-16(20,10-17)15-13-7-3-1-5-11(13)12-6-2-4-8-14(12)15/h1-8,15H,9-10,20H2. The SMILES string of the molecule is NC1(C2c3ccccc3-c3ccccc32)CC(F)(F)C1. The minimum Gasteiger partial charge on any atom is -0.324 e. The van der Waals surface area contributed by atoms with Crippen LogP contribution in [0.3, 0.4) is 0 Å². The molecule has 0 spiro atoms. The third kappa shape index (κ3) is 1.50. The van der Waals surface area contributed by atoms with Crippen molar-refractivity contribution in [3.05, 3.63) is 59.7 Å². The second-order valence-electron chi connectivity index (χ2n) is 6.05. The van der Waals surface area contributed by atoms with E-state index in [9.17, 15) is 8.78 Å². The third-order valence-corrected chi connectivity index (χ3v) is 4.58. The van der Waals surface area contributed by atoms with Gasteiger partial charge < -0.3 is 5.73 Å². The van der Waals surface area contributed by atoms with Crippen molar-refractivity contribution < 1.29 is 8.78 Å². The number of rotatable bonds is 1. The van der Waals surface area contributed by atoms with Crippen molar-refractivity contribution in [2.45, 2.75) is 30.2 Å². The Morgan fingerprint density at radius 2 is 1.30 bits per heavy atom. The zero-order chi connectivity index (χ0) is 14.0. The van der Waals surface area contributed by atoms with Crippen LogP contribution in [-0.4, -0.2) is 11.5 Å². The molecule has 3 heteroatoms. The fourth-order valence-corrected chi connectivity index (χ4v) is 3.89. The molecule has 20 heavy (non-hydrogen) atoms. The summed E-state index contributed by atoms with van der Waals surface area (Å²) in [5.41, 5.74) is 9.95. The minimum atomic E-state index is -2.61. The summed E-state index contributed by atoms with van der Waals surface area (Å²) in [6, 6.07) is 16.0. The van der Waals surface area contributed by atoms with Gasteiger partial charge in [0, 0.05) is 24.3 Å². The average Bonchev–Trinajstić information content (AvgIpc) is 2.71. The van der Waals surface area contributed by atoms with Gasteiger partial charge in [-0.2, -0.15) is 0 Å². The van der Waals surface area contributed by atoms with E-state index in [1.807, 2.05) is 48.5 Å². The molecule has 2 aliphatic rings. The van der Waals surface area contributed by atoms with Crippen LogP contribution in [0.1, 0.15) is 29.9 Å². The molecule has 0 aliphatic heterocycles. The summed E-state index contributed by atoms with van der Waals surface area (Å²) in [4.78, 5) is 0. The Morgan fingerprint density at radius 3 is 1.75 bits per heavy atom. The molecular weight excluding hydrogens is 256 g/mol. The molecule has 0 bridgehead atoms. The summed E-state index contributed by atoms with van der Waals surface area (Å²) in [5, 5.41) is 0. The normalized spacial score (nSPS) is 21.9. The van der Waals surface area contributed by atoms with Crippen LogP contribution in [0, 0.1) is 0 Å². The van der Waals surface area contributed by atoms with E-state index >= 15 is 0 Å². The first kappa shape index (κ1) is 12.0. The van der Waals surface area contributed by atoms with Crippen LogP contribution in [0.5, 0.6) is 0 Å². The lowest BCUT2D eigenvalue weighted by atomic mass is 9.63. The molecule has 2 aromatic carbocycles. The fourth-order valence-electron chi connectivity index (χ4n) is 3.89. The summed E-state index contributed by atoms with van der Waals surface area (Å²) in [7, 11) is 0. The van der Waals surface area contributed by atoms with Crippen molar-refractivity contribution >= 4 is 0 Å². The van der Waals surface area contributed by atoms with E-state index in [4.69, 9.17) is 5.73 Å². The number of hydrogen-bond donors (Lipinski definition) is 1. The van der Waals surface area contributed by atoms with Crippen molar-refractivity contribution in [3.8, 4) is 11.1 Å². The van der Waals surface area contributed by atoms with Crippen molar-refractivity contribution in [3.63, 3.8) is 0 Å². The number of benzene rings is 2. The Balaban J connectivity index is 1.89. The van der Waals surface area contributed by atoms with E-state index in [1.54, 1.807) is 0 Å². The molecule has 0 unspecified atom stereocenters. The molecule has 0 amide bonds. The summed E-state index contributed by atoms with van der Waals surface area (Å²) in [5.74, 6) is -2.73. The Bertz CT molecular complexity index is 639. The maximum Gasteiger partial charge on any atom is 0.251 e. The number of hydrogen-bond acceptors (Lipinski definition) is 1. The predicted molar refractivity (Wildman–Crippen MR) is 74.8 cm³/mol. The van der Waals surface area contributed by atoms with Crippen LogP contribution < -0.4 is 5.73 Å². The van der Waals surface area contributed by atoms with Gasteiger partial charge >= 0.3 is 0 Å². The second-order valence-corrected chi connectivity index (χ2v) is 6.05. The van der Waals surface area contributed by atoms with Gasteiger partial charge in [-0.3, -0.25) is 0 Å². The Labute approximate surface area is 116 Å². The van der Waals surface area contributed by atoms with Gasteiger partial charge in [-0.05, 0) is 22.3 Å². The molecule has 1 nitrogen and oxygen atoms in total. The molecule has 1 fully saturated rings. The highest BCUT2D eigenvalue weighted by Gasteiger charge is 2.59. The van der Waals surface area contributed by atoms with Gasteiger partial charge in [-0.25, -0.2) is 8.78 Å². The predicted octanol–water partition coefficient (Wildman–Crippen LogP) is 3.93. The molecule has 1 saturated carbocycles. The van der Waals surface area contributed by atoms with Gasteiger partial charge in [0.05, 0.1) is 0 Å². The molecule has 0 heterocycles. The van der Waals surface area contributed by atoms with Crippen molar-refractivity contribution in [1.82, 2.24) is 0 Å². The van der Waals surface area contributed by atoms with Crippen LogP contribution >= 0.6 is 0 Å². The van der Waals surface area contributed by atoms with Crippen LogP contribution in [-0.2, 0) is 0 Å². The van der Waals surface area contributed by atoms with Gasteiger partial charge in [0.1, 0.15) is 0 Å². The molecule has 0 aromatic heterocycles. The molecule has 0 saturated heterocycles. The Morgan fingerprint density at radius 1 is 0.850 bits per heavy atom. The third-order valence-electron chi connectivity index (χ3n) is 4.58. The first-order valence-corrected chi connectivity index (χ1v) is 6.85. The van der Waals surface area contributed by atoms with E-state index < -0.39 is 11.5 Å². The summed E-state index contributed by atoms with van der Waals surface area (Å²) >= 11 is 0. The first-order chi connectivity index (χ1) is 9.50. The van der Waals surface area contributed by atoms with Crippen LogP contribution in [0.15, 0.2) is 48.5 Å². The van der Waals surface area contributed by atoms with Gasteiger partial charge in [0.15, 0.2) is 0 Å². The van der Waals surface area contributed by atoms with Gasteiger partial charge in [0.2, 0.25) is 0 Å². The Kier molecular flexibility index (Phi) is 2.21. The highest BCUT2D eigenvalue weighted by atomic mass is 19.3. The van der Waals surface area contributed by atoms with E-state index in [0.29, 0.717) is 0 Å². The maximum absolute atomic E-state index is 13.4. The van der Waals surface area contributed by atoms with Crippen molar-refractivity contribution in [1.29, 1.82) is 0 Å². The van der Waals surface area contributed by atoms with E-state index in [1.165, 1.54) is 0 Å². The molecule has 2 N–H and O–H groups in total. The summed E-state index contributed by atoms with van der Waals surface area (Å²) in [6.45, 7) is 0. The largest absolute Gasteiger partial charge is 0.324 e. The van der Waals surface area contributed by atoms with E-state index in [-0.39, 0.29) is 18.8 Å². The highest BCUT2D eigenvalue weighted by molar-refractivity contribution is 5.79. The van der Waals surface area contributed by atoms with Gasteiger partial charge in [-0.15, -0.1) is 0 Å². The number of nitrogens with two attached hydrogens (primary N) is 1. The lowest BCUT2D eigenvalue weighted by molar-refractivity contribution is -0.126. The van der Waals surface area contributed by atoms with Crippen molar-refractivity contribution in [2.24, 2.45) is 5.73 Å². The molecule has 102 valence electrons. The Hall–Kier alpha value is -1.74. The van der Waals surface area contributed by atoms with E-state index in [2.05, 4.69) is 0 Å². The maximum atomic E-state index is 13.4. The van der Waals surface area contributed by atoms with Gasteiger partial charge in [0.25, 0.3) is 5.92 Å². The fraction of sp³-hybridized carbons (Fsp3) is 0.294. The summed E-state index contributed by atoms with van der Waals surface area (Å²) in [6.07, 6.45) is -0.458. The highest BCUT2D eigenvalue weighted by Crippen LogP contribution is 2.58. The summed E-state index contributed by atoms with van der Waals surface area (Å²) < 4.78 is 26.7. The lowest BCUT2D eigenvalue weighted by Crippen LogP contribution is -2.61. The van der Waals surface area contributed by atoms with Crippen LogP contribution in [0.2, 0.25) is 0 Å².